The molecular formula is C15H25NO3. The van der Waals surface area contributed by atoms with Crippen LogP contribution >= 0.6 is 0 Å². The summed E-state index contributed by atoms with van der Waals surface area (Å²) in [5.41, 5.74) is -1.13. The van der Waals surface area contributed by atoms with Crippen molar-refractivity contribution in [1.82, 2.24) is 4.90 Å². The monoisotopic (exact) mass is 267 g/mol. The van der Waals surface area contributed by atoms with E-state index in [0.29, 0.717) is 19.3 Å². The van der Waals surface area contributed by atoms with E-state index in [1.54, 1.807) is 0 Å². The quantitative estimate of drug-likeness (QED) is 0.795. The number of amides is 2. The van der Waals surface area contributed by atoms with E-state index in [4.69, 9.17) is 0 Å². The second-order valence-electron chi connectivity index (χ2n) is 6.14. The molecule has 1 aliphatic carbocycles. The van der Waals surface area contributed by atoms with Crippen LogP contribution in [0.2, 0.25) is 0 Å². The number of rotatable bonds is 4. The summed E-state index contributed by atoms with van der Waals surface area (Å²) < 4.78 is 0. The molecule has 4 nitrogen and oxygen atoms in total. The van der Waals surface area contributed by atoms with Crippen LogP contribution in [0.25, 0.3) is 0 Å². The minimum atomic E-state index is -0.685. The Balaban J connectivity index is 2.32. The van der Waals surface area contributed by atoms with Gasteiger partial charge in [-0.25, -0.2) is 0 Å². The van der Waals surface area contributed by atoms with Gasteiger partial charge in [-0.1, -0.05) is 33.1 Å². The summed E-state index contributed by atoms with van der Waals surface area (Å²) in [6.45, 7) is 3.74. The fourth-order valence-electron chi connectivity index (χ4n) is 3.75. The Morgan fingerprint density at radius 1 is 1.16 bits per heavy atom. The number of likely N-dealkylation sites (tertiary alicyclic amines) is 1. The van der Waals surface area contributed by atoms with Gasteiger partial charge in [0, 0.05) is 6.42 Å². The smallest absolute Gasteiger partial charge is 0.236 e. The molecule has 0 atom stereocenters. The SMILES string of the molecule is CCC(CC)(CO)N1C(=O)CC2(CCCCC2)C1=O. The molecule has 4 heteroatoms. The van der Waals surface area contributed by atoms with Gasteiger partial charge in [-0.05, 0) is 25.7 Å². The highest BCUT2D eigenvalue weighted by Crippen LogP contribution is 2.48. The largest absolute Gasteiger partial charge is 0.394 e. The third-order valence-corrected chi connectivity index (χ3v) is 5.29. The molecule has 1 spiro atoms. The first-order valence-electron chi connectivity index (χ1n) is 7.53. The number of aliphatic hydroxyl groups excluding tert-OH is 1. The average molecular weight is 267 g/mol. The van der Waals surface area contributed by atoms with Gasteiger partial charge in [-0.3, -0.25) is 14.5 Å². The van der Waals surface area contributed by atoms with Crippen molar-refractivity contribution in [3.05, 3.63) is 0 Å². The molecule has 1 heterocycles. The minimum Gasteiger partial charge on any atom is -0.394 e. The minimum absolute atomic E-state index is 0.0186. The van der Waals surface area contributed by atoms with Crippen LogP contribution in [-0.2, 0) is 9.59 Å². The Bertz CT molecular complexity index is 359. The molecule has 0 radical (unpaired) electrons. The van der Waals surface area contributed by atoms with Crippen molar-refractivity contribution in [2.24, 2.45) is 5.41 Å². The second kappa shape index (κ2) is 5.23. The molecule has 108 valence electrons. The van der Waals surface area contributed by atoms with Gasteiger partial charge in [-0.15, -0.1) is 0 Å². The summed E-state index contributed by atoms with van der Waals surface area (Å²) in [5.74, 6) is -0.0976. The van der Waals surface area contributed by atoms with Gasteiger partial charge in [0.2, 0.25) is 11.8 Å². The van der Waals surface area contributed by atoms with Crippen molar-refractivity contribution in [3.63, 3.8) is 0 Å². The molecule has 0 unspecified atom stereocenters. The molecule has 2 fully saturated rings. The molecule has 2 rings (SSSR count). The van der Waals surface area contributed by atoms with Crippen LogP contribution in [-0.4, -0.2) is 34.0 Å². The first kappa shape index (κ1) is 14.5. The highest BCUT2D eigenvalue weighted by molar-refractivity contribution is 6.06. The second-order valence-corrected chi connectivity index (χ2v) is 6.14. The van der Waals surface area contributed by atoms with Gasteiger partial charge >= 0.3 is 0 Å². The summed E-state index contributed by atoms with van der Waals surface area (Å²) in [5, 5.41) is 9.71. The standard InChI is InChI=1S/C15H25NO3/c1-3-15(4-2,11-17)16-12(18)10-14(13(16)19)8-6-5-7-9-14/h17H,3-11H2,1-2H3. The fourth-order valence-corrected chi connectivity index (χ4v) is 3.75. The topological polar surface area (TPSA) is 57.6 Å². The number of imide groups is 1. The van der Waals surface area contributed by atoms with E-state index in [-0.39, 0.29) is 18.4 Å². The Labute approximate surface area is 115 Å². The van der Waals surface area contributed by atoms with Gasteiger partial charge in [0.15, 0.2) is 0 Å². The Morgan fingerprint density at radius 2 is 1.74 bits per heavy atom. The molecule has 19 heavy (non-hydrogen) atoms. The maximum atomic E-state index is 12.8. The molecular weight excluding hydrogens is 242 g/mol. The molecule has 0 aromatic rings. The summed E-state index contributed by atoms with van der Waals surface area (Å²) in [7, 11) is 0. The highest BCUT2D eigenvalue weighted by atomic mass is 16.3. The van der Waals surface area contributed by atoms with E-state index in [0.717, 1.165) is 32.1 Å². The van der Waals surface area contributed by atoms with E-state index in [2.05, 4.69) is 0 Å². The zero-order valence-corrected chi connectivity index (χ0v) is 12.1. The van der Waals surface area contributed by atoms with Gasteiger partial charge in [-0.2, -0.15) is 0 Å². The van der Waals surface area contributed by atoms with E-state index in [1.165, 1.54) is 4.90 Å². The summed E-state index contributed by atoms with van der Waals surface area (Å²) >= 11 is 0. The van der Waals surface area contributed by atoms with E-state index in [1.807, 2.05) is 13.8 Å². The summed E-state index contributed by atoms with van der Waals surface area (Å²) in [6, 6.07) is 0. The normalized spacial score (nSPS) is 23.4. The number of carbonyl (C=O) groups excluding carboxylic acids is 2. The maximum absolute atomic E-state index is 12.8. The van der Waals surface area contributed by atoms with E-state index in [9.17, 15) is 14.7 Å². The number of nitrogens with zero attached hydrogens (tertiary/aromatic N) is 1. The van der Waals surface area contributed by atoms with Gasteiger partial charge in [0.25, 0.3) is 0 Å². The van der Waals surface area contributed by atoms with Crippen LogP contribution in [0.1, 0.15) is 65.2 Å². The molecule has 0 aromatic heterocycles. The van der Waals surface area contributed by atoms with Crippen molar-refractivity contribution in [3.8, 4) is 0 Å². The third kappa shape index (κ3) is 2.10. The zero-order chi connectivity index (χ0) is 14.1. The number of aliphatic hydroxyl groups is 1. The molecule has 2 amide bonds. The van der Waals surface area contributed by atoms with Gasteiger partial charge in [0.05, 0.1) is 17.6 Å². The van der Waals surface area contributed by atoms with Gasteiger partial charge < -0.3 is 5.11 Å². The summed E-state index contributed by atoms with van der Waals surface area (Å²) in [4.78, 5) is 26.6. The molecule has 1 aliphatic heterocycles. The zero-order valence-electron chi connectivity index (χ0n) is 12.1. The lowest BCUT2D eigenvalue weighted by Gasteiger charge is -2.39. The van der Waals surface area contributed by atoms with Crippen LogP contribution in [0.5, 0.6) is 0 Å². The van der Waals surface area contributed by atoms with E-state index >= 15 is 0 Å². The molecule has 0 bridgehead atoms. The van der Waals surface area contributed by atoms with Crippen molar-refractivity contribution < 1.29 is 14.7 Å². The average Bonchev–Trinajstić information content (AvgIpc) is 2.67. The first-order valence-corrected chi connectivity index (χ1v) is 7.53. The fraction of sp³-hybridized carbons (Fsp3) is 0.867. The van der Waals surface area contributed by atoms with E-state index < -0.39 is 11.0 Å². The van der Waals surface area contributed by atoms with Crippen LogP contribution in [0, 0.1) is 5.41 Å². The molecule has 1 saturated heterocycles. The molecule has 1 saturated carbocycles. The van der Waals surface area contributed by atoms with Crippen LogP contribution in [0.4, 0.5) is 0 Å². The number of hydrogen-bond donors (Lipinski definition) is 1. The lowest BCUT2D eigenvalue weighted by Crippen LogP contribution is -2.55. The van der Waals surface area contributed by atoms with Gasteiger partial charge in [0.1, 0.15) is 0 Å². The van der Waals surface area contributed by atoms with Crippen molar-refractivity contribution in [2.45, 2.75) is 70.8 Å². The summed E-state index contributed by atoms with van der Waals surface area (Å²) in [6.07, 6.45) is 6.51. The van der Waals surface area contributed by atoms with Crippen LogP contribution in [0.15, 0.2) is 0 Å². The van der Waals surface area contributed by atoms with Crippen molar-refractivity contribution in [2.75, 3.05) is 6.61 Å². The van der Waals surface area contributed by atoms with Crippen molar-refractivity contribution >= 4 is 11.8 Å². The van der Waals surface area contributed by atoms with Crippen LogP contribution < -0.4 is 0 Å². The molecule has 0 aromatic carbocycles. The number of carbonyl (C=O) groups is 2. The Morgan fingerprint density at radius 3 is 2.21 bits per heavy atom. The first-order chi connectivity index (χ1) is 9.05. The lowest BCUT2D eigenvalue weighted by molar-refractivity contribution is -0.152. The Kier molecular flexibility index (Phi) is 4.00. The molecule has 1 N–H and O–H groups in total. The highest BCUT2D eigenvalue weighted by Gasteiger charge is 2.56. The lowest BCUT2D eigenvalue weighted by atomic mass is 9.73. The predicted molar refractivity (Wildman–Crippen MR) is 72.4 cm³/mol. The van der Waals surface area contributed by atoms with Crippen LogP contribution in [0.3, 0.4) is 0 Å². The number of hydrogen-bond acceptors (Lipinski definition) is 3. The maximum Gasteiger partial charge on any atom is 0.236 e. The predicted octanol–water partition coefficient (Wildman–Crippen LogP) is 2.25. The van der Waals surface area contributed by atoms with Crippen molar-refractivity contribution in [1.29, 1.82) is 0 Å². The third-order valence-electron chi connectivity index (χ3n) is 5.29. The Hall–Kier alpha value is -0.900. The molecule has 2 aliphatic rings.